The predicted molar refractivity (Wildman–Crippen MR) is 93.4 cm³/mol. The van der Waals surface area contributed by atoms with Crippen molar-refractivity contribution in [1.82, 2.24) is 19.5 Å². The number of imidazole rings is 1. The van der Waals surface area contributed by atoms with E-state index in [1.165, 1.54) is 13.3 Å². The summed E-state index contributed by atoms with van der Waals surface area (Å²) in [6.45, 7) is 4.43. The average Bonchev–Trinajstić information content (AvgIpc) is 3.08. The first-order valence-electron chi connectivity index (χ1n) is 7.74. The molecule has 0 saturated carbocycles. The van der Waals surface area contributed by atoms with Crippen LogP contribution in [0.5, 0.6) is 0 Å². The van der Waals surface area contributed by atoms with Gasteiger partial charge in [0, 0.05) is 6.92 Å². The van der Waals surface area contributed by atoms with Crippen molar-refractivity contribution < 1.29 is 19.4 Å². The molecule has 1 N–H and O–H groups in total. The first-order valence-corrected chi connectivity index (χ1v) is 8.50. The summed E-state index contributed by atoms with van der Waals surface area (Å²) >= 11 is 12.0. The molecule has 0 unspecified atom stereocenters. The van der Waals surface area contributed by atoms with Crippen molar-refractivity contribution in [1.29, 1.82) is 0 Å². The van der Waals surface area contributed by atoms with E-state index in [2.05, 4.69) is 26.8 Å². The lowest BCUT2D eigenvalue weighted by Gasteiger charge is -2.29. The van der Waals surface area contributed by atoms with Crippen LogP contribution in [0.15, 0.2) is 6.33 Å². The van der Waals surface area contributed by atoms with Crippen molar-refractivity contribution in [3.63, 3.8) is 0 Å². The lowest BCUT2D eigenvalue weighted by Crippen LogP contribution is -2.40. The SMILES string of the molecule is CC#C[C@@]1(C)[C@@H](CO)O[C@@H](n2cnc3c(Cl)nc(Cl)nc32)[C@@H]1OC(C)=O. The van der Waals surface area contributed by atoms with Crippen molar-refractivity contribution in [2.24, 2.45) is 5.41 Å². The Hall–Kier alpha value is -1.92. The highest BCUT2D eigenvalue weighted by atomic mass is 35.5. The van der Waals surface area contributed by atoms with E-state index in [-0.39, 0.29) is 17.0 Å². The van der Waals surface area contributed by atoms with Crippen LogP contribution in [0.25, 0.3) is 11.2 Å². The third kappa shape index (κ3) is 3.01. The number of aliphatic hydroxyl groups is 1. The number of rotatable bonds is 3. The van der Waals surface area contributed by atoms with Crippen LogP contribution in [0.1, 0.15) is 27.0 Å². The molecule has 138 valence electrons. The first kappa shape index (κ1) is 18.9. The van der Waals surface area contributed by atoms with Crippen molar-refractivity contribution >= 4 is 40.3 Å². The predicted octanol–water partition coefficient (Wildman–Crippen LogP) is 1.98. The van der Waals surface area contributed by atoms with Crippen LogP contribution in [-0.2, 0) is 14.3 Å². The van der Waals surface area contributed by atoms with E-state index in [4.69, 9.17) is 32.7 Å². The Bertz CT molecular complexity index is 922. The molecule has 4 atom stereocenters. The van der Waals surface area contributed by atoms with E-state index in [9.17, 15) is 9.90 Å². The van der Waals surface area contributed by atoms with Crippen LogP contribution in [0.3, 0.4) is 0 Å². The van der Waals surface area contributed by atoms with Gasteiger partial charge in [0.25, 0.3) is 0 Å². The number of hydrogen-bond donors (Lipinski definition) is 1. The lowest BCUT2D eigenvalue weighted by atomic mass is 9.81. The monoisotopic (exact) mass is 398 g/mol. The largest absolute Gasteiger partial charge is 0.456 e. The molecule has 10 heteroatoms. The lowest BCUT2D eigenvalue weighted by molar-refractivity contribution is -0.154. The Morgan fingerprint density at radius 2 is 2.23 bits per heavy atom. The smallest absolute Gasteiger partial charge is 0.303 e. The number of carbonyl (C=O) groups is 1. The highest BCUT2D eigenvalue weighted by Crippen LogP contribution is 2.46. The van der Waals surface area contributed by atoms with Crippen LogP contribution >= 0.6 is 23.2 Å². The topological polar surface area (TPSA) is 99.4 Å². The zero-order chi connectivity index (χ0) is 19.1. The van der Waals surface area contributed by atoms with E-state index in [1.807, 2.05) is 0 Å². The van der Waals surface area contributed by atoms with Crippen LogP contribution in [0.2, 0.25) is 10.4 Å². The van der Waals surface area contributed by atoms with Gasteiger partial charge in [-0.15, -0.1) is 5.92 Å². The third-order valence-corrected chi connectivity index (χ3v) is 4.73. The van der Waals surface area contributed by atoms with Gasteiger partial charge in [0.2, 0.25) is 5.28 Å². The van der Waals surface area contributed by atoms with Gasteiger partial charge in [0.05, 0.1) is 18.3 Å². The Morgan fingerprint density at radius 1 is 1.50 bits per heavy atom. The molecule has 26 heavy (non-hydrogen) atoms. The molecule has 0 radical (unpaired) electrons. The second-order valence-electron chi connectivity index (χ2n) is 5.99. The molecule has 0 aromatic carbocycles. The number of hydrogen-bond acceptors (Lipinski definition) is 7. The molecular weight excluding hydrogens is 383 g/mol. The number of nitrogens with zero attached hydrogens (tertiary/aromatic N) is 4. The maximum absolute atomic E-state index is 11.7. The van der Waals surface area contributed by atoms with E-state index in [1.54, 1.807) is 18.4 Å². The number of ether oxygens (including phenoxy) is 2. The Labute approximate surface area is 159 Å². The molecule has 1 aliphatic rings. The zero-order valence-corrected chi connectivity index (χ0v) is 15.7. The number of aromatic nitrogens is 4. The van der Waals surface area contributed by atoms with Gasteiger partial charge >= 0.3 is 5.97 Å². The fourth-order valence-electron chi connectivity index (χ4n) is 3.13. The second-order valence-corrected chi connectivity index (χ2v) is 6.69. The van der Waals surface area contributed by atoms with Crippen LogP contribution < -0.4 is 0 Å². The van der Waals surface area contributed by atoms with Gasteiger partial charge < -0.3 is 14.6 Å². The van der Waals surface area contributed by atoms with Crippen LogP contribution in [0, 0.1) is 17.3 Å². The molecule has 0 spiro atoms. The molecule has 0 aliphatic carbocycles. The molecule has 2 aromatic heterocycles. The van der Waals surface area contributed by atoms with Gasteiger partial charge in [0.15, 0.2) is 23.1 Å². The highest BCUT2D eigenvalue weighted by molar-refractivity contribution is 6.35. The van der Waals surface area contributed by atoms with Crippen molar-refractivity contribution in [2.75, 3.05) is 6.61 Å². The third-order valence-electron chi connectivity index (χ3n) is 4.30. The summed E-state index contributed by atoms with van der Waals surface area (Å²) in [6, 6.07) is 0. The summed E-state index contributed by atoms with van der Waals surface area (Å²) in [5.41, 5.74) is -0.281. The van der Waals surface area contributed by atoms with Gasteiger partial charge in [0.1, 0.15) is 11.6 Å². The van der Waals surface area contributed by atoms with Crippen molar-refractivity contribution in [2.45, 2.75) is 39.2 Å². The fourth-order valence-corrected chi connectivity index (χ4v) is 3.55. The number of carbonyl (C=O) groups excluding carboxylic acids is 1. The molecule has 1 fully saturated rings. The molecule has 0 bridgehead atoms. The second kappa shape index (κ2) is 7.00. The van der Waals surface area contributed by atoms with E-state index >= 15 is 0 Å². The maximum atomic E-state index is 11.7. The highest BCUT2D eigenvalue weighted by Gasteiger charge is 2.56. The van der Waals surface area contributed by atoms with E-state index in [0.717, 1.165) is 0 Å². The molecule has 1 saturated heterocycles. The number of aliphatic hydroxyl groups excluding tert-OH is 1. The Morgan fingerprint density at radius 3 is 2.85 bits per heavy atom. The van der Waals surface area contributed by atoms with Gasteiger partial charge in [-0.25, -0.2) is 9.97 Å². The molecular formula is C16H16Cl2N4O4. The van der Waals surface area contributed by atoms with E-state index in [0.29, 0.717) is 11.2 Å². The Balaban J connectivity index is 2.16. The summed E-state index contributed by atoms with van der Waals surface area (Å²) in [4.78, 5) is 23.9. The van der Waals surface area contributed by atoms with Crippen molar-refractivity contribution in [3.05, 3.63) is 16.8 Å². The summed E-state index contributed by atoms with van der Waals surface area (Å²) in [6.07, 6.45) is -0.875. The van der Waals surface area contributed by atoms with Gasteiger partial charge in [-0.3, -0.25) is 9.36 Å². The summed E-state index contributed by atoms with van der Waals surface area (Å²) in [5.74, 6) is 5.32. The molecule has 0 amide bonds. The quantitative estimate of drug-likeness (QED) is 0.365. The molecule has 2 aromatic rings. The fraction of sp³-hybridized carbons (Fsp3) is 0.500. The standard InChI is InChI=1S/C16H16Cl2N4O4/c1-4-5-16(3)9(6-23)26-14(11(16)25-8(2)24)22-7-19-10-12(17)20-15(18)21-13(10)22/h7,9,11,14,23H,6H2,1-3H3/t9-,11+,14-,16+/m1/s1. The molecule has 3 heterocycles. The number of esters is 1. The van der Waals surface area contributed by atoms with Gasteiger partial charge in [-0.2, -0.15) is 4.98 Å². The normalized spacial score (nSPS) is 28.0. The van der Waals surface area contributed by atoms with Crippen LogP contribution in [0.4, 0.5) is 0 Å². The average molecular weight is 399 g/mol. The summed E-state index contributed by atoms with van der Waals surface area (Å²) in [7, 11) is 0. The minimum atomic E-state index is -0.933. The number of fused-ring (bicyclic) bond motifs is 1. The Kier molecular flexibility index (Phi) is 5.08. The first-order chi connectivity index (χ1) is 12.3. The summed E-state index contributed by atoms with van der Waals surface area (Å²) in [5, 5.41) is 9.81. The zero-order valence-electron chi connectivity index (χ0n) is 14.2. The van der Waals surface area contributed by atoms with Crippen LogP contribution in [-0.4, -0.2) is 49.4 Å². The number of halogens is 2. The van der Waals surface area contributed by atoms with Gasteiger partial charge in [-0.05, 0) is 25.4 Å². The molecule has 1 aliphatic heterocycles. The van der Waals surface area contributed by atoms with Gasteiger partial charge in [-0.1, -0.05) is 17.5 Å². The summed E-state index contributed by atoms with van der Waals surface area (Å²) < 4.78 is 13.0. The maximum Gasteiger partial charge on any atom is 0.303 e. The minimum Gasteiger partial charge on any atom is -0.456 e. The van der Waals surface area contributed by atoms with Crippen molar-refractivity contribution in [3.8, 4) is 11.8 Å². The van der Waals surface area contributed by atoms with E-state index < -0.39 is 29.8 Å². The minimum absolute atomic E-state index is 0.0545. The molecule has 8 nitrogen and oxygen atoms in total. The molecule has 3 rings (SSSR count).